The van der Waals surface area contributed by atoms with Crippen LogP contribution in [0.1, 0.15) is 38.3 Å². The van der Waals surface area contributed by atoms with E-state index in [4.69, 9.17) is 5.73 Å². The topological polar surface area (TPSA) is 187 Å². The number of carboxylic acids is 1. The van der Waals surface area contributed by atoms with Crippen molar-refractivity contribution in [1.82, 2.24) is 20.9 Å². The maximum atomic E-state index is 13.6. The minimum absolute atomic E-state index is 0.0690. The Hall–Kier alpha value is -4.22. The van der Waals surface area contributed by atoms with Crippen LogP contribution >= 0.6 is 0 Å². The number of carbonyl (C=O) groups is 4. The molecule has 6 atom stereocenters. The molecule has 0 spiro atoms. The SMILES string of the molecule is CCC(C)C(NC(=O)C(Cc1c[nH]c2ccccc12)NC(=O)C(N)C(C)O)C(=O)NC(Cc1ccccc1)C(=O)O. The highest BCUT2D eigenvalue weighted by Gasteiger charge is 2.33. The molecule has 3 rings (SSSR count). The molecule has 0 aliphatic heterocycles. The molecule has 1 aromatic heterocycles. The van der Waals surface area contributed by atoms with Gasteiger partial charge in [0.25, 0.3) is 0 Å². The highest BCUT2D eigenvalue weighted by atomic mass is 16.4. The largest absolute Gasteiger partial charge is 0.480 e. The summed E-state index contributed by atoms with van der Waals surface area (Å²) in [5, 5.41) is 28.4. The van der Waals surface area contributed by atoms with Gasteiger partial charge in [0.05, 0.1) is 6.10 Å². The first-order valence-corrected chi connectivity index (χ1v) is 13.7. The molecule has 11 nitrogen and oxygen atoms in total. The summed E-state index contributed by atoms with van der Waals surface area (Å²) < 4.78 is 0. The lowest BCUT2D eigenvalue weighted by molar-refractivity contribution is -0.142. The number of carboxylic acid groups (broad SMARTS) is 1. The van der Waals surface area contributed by atoms with Crippen molar-refractivity contribution in [3.8, 4) is 0 Å². The quantitative estimate of drug-likeness (QED) is 0.153. The number of para-hydroxylation sites is 1. The van der Waals surface area contributed by atoms with Crippen molar-refractivity contribution in [1.29, 1.82) is 0 Å². The van der Waals surface area contributed by atoms with Gasteiger partial charge in [-0.05, 0) is 30.0 Å². The second kappa shape index (κ2) is 14.4. The fourth-order valence-electron chi connectivity index (χ4n) is 4.48. The molecule has 11 heteroatoms. The lowest BCUT2D eigenvalue weighted by Crippen LogP contribution is -2.60. The molecule has 0 aliphatic carbocycles. The van der Waals surface area contributed by atoms with Gasteiger partial charge in [-0.15, -0.1) is 0 Å². The molecule has 0 fully saturated rings. The number of benzene rings is 2. The van der Waals surface area contributed by atoms with E-state index in [-0.39, 0.29) is 18.8 Å². The number of rotatable bonds is 14. The summed E-state index contributed by atoms with van der Waals surface area (Å²) in [5.41, 5.74) is 8.16. The Kier molecular flexibility index (Phi) is 11.0. The van der Waals surface area contributed by atoms with Crippen LogP contribution in [0.25, 0.3) is 10.9 Å². The number of aliphatic hydroxyl groups excluding tert-OH is 1. The predicted octanol–water partition coefficient (Wildman–Crippen LogP) is 1.25. The molecule has 41 heavy (non-hydrogen) atoms. The molecule has 3 amide bonds. The third-order valence-electron chi connectivity index (χ3n) is 7.24. The summed E-state index contributed by atoms with van der Waals surface area (Å²) >= 11 is 0. The molecular formula is C30H39N5O6. The van der Waals surface area contributed by atoms with Gasteiger partial charge in [0.1, 0.15) is 24.2 Å². The number of amides is 3. The minimum Gasteiger partial charge on any atom is -0.480 e. The molecule has 0 aliphatic rings. The summed E-state index contributed by atoms with van der Waals surface area (Å²) in [6.45, 7) is 4.99. The van der Waals surface area contributed by atoms with Crippen LogP contribution in [0.3, 0.4) is 0 Å². The van der Waals surface area contributed by atoms with Crippen LogP contribution in [0.15, 0.2) is 60.8 Å². The Morgan fingerprint density at radius 1 is 0.854 bits per heavy atom. The third-order valence-corrected chi connectivity index (χ3v) is 7.24. The van der Waals surface area contributed by atoms with E-state index in [1.54, 1.807) is 37.4 Å². The van der Waals surface area contributed by atoms with Gasteiger partial charge in [-0.3, -0.25) is 14.4 Å². The Bertz CT molecular complexity index is 1340. The fraction of sp³-hybridized carbons (Fsp3) is 0.400. The van der Waals surface area contributed by atoms with Crippen LogP contribution < -0.4 is 21.7 Å². The summed E-state index contributed by atoms with van der Waals surface area (Å²) in [4.78, 5) is 54.9. The summed E-state index contributed by atoms with van der Waals surface area (Å²) in [7, 11) is 0. The molecule has 0 saturated carbocycles. The number of aliphatic carboxylic acids is 1. The average molecular weight is 566 g/mol. The number of fused-ring (bicyclic) bond motifs is 1. The number of H-pyrrole nitrogens is 1. The Morgan fingerprint density at radius 2 is 1.49 bits per heavy atom. The van der Waals surface area contributed by atoms with E-state index in [2.05, 4.69) is 20.9 Å². The van der Waals surface area contributed by atoms with Crippen LogP contribution in [-0.2, 0) is 32.0 Å². The van der Waals surface area contributed by atoms with Crippen LogP contribution in [-0.4, -0.2) is 69.2 Å². The zero-order valence-corrected chi connectivity index (χ0v) is 23.5. The van der Waals surface area contributed by atoms with Crippen molar-refractivity contribution >= 4 is 34.6 Å². The second-order valence-electron chi connectivity index (χ2n) is 10.4. The van der Waals surface area contributed by atoms with E-state index < -0.39 is 54.0 Å². The highest BCUT2D eigenvalue weighted by Crippen LogP contribution is 2.20. The fourth-order valence-corrected chi connectivity index (χ4v) is 4.48. The monoisotopic (exact) mass is 565 g/mol. The number of carbonyl (C=O) groups excluding carboxylic acids is 3. The molecule has 6 unspecified atom stereocenters. The van der Waals surface area contributed by atoms with Gasteiger partial charge < -0.3 is 36.9 Å². The van der Waals surface area contributed by atoms with Crippen LogP contribution in [0.2, 0.25) is 0 Å². The molecule has 0 saturated heterocycles. The molecule has 220 valence electrons. The minimum atomic E-state index is -1.27. The lowest BCUT2D eigenvalue weighted by atomic mass is 9.96. The van der Waals surface area contributed by atoms with Gasteiger partial charge >= 0.3 is 5.97 Å². The highest BCUT2D eigenvalue weighted by molar-refractivity contribution is 5.95. The molecule has 2 aromatic carbocycles. The Balaban J connectivity index is 1.83. The first kappa shape index (κ1) is 31.3. The maximum Gasteiger partial charge on any atom is 0.326 e. The number of hydrogen-bond donors (Lipinski definition) is 7. The molecule has 8 N–H and O–H groups in total. The first-order chi connectivity index (χ1) is 19.5. The molecule has 3 aromatic rings. The van der Waals surface area contributed by atoms with Gasteiger partial charge in [-0.2, -0.15) is 0 Å². The van der Waals surface area contributed by atoms with E-state index in [1.165, 1.54) is 6.92 Å². The van der Waals surface area contributed by atoms with Crippen molar-refractivity contribution in [2.45, 2.75) is 70.3 Å². The number of hydrogen-bond acceptors (Lipinski definition) is 6. The number of nitrogens with two attached hydrogens (primary N) is 1. The third kappa shape index (κ3) is 8.38. The summed E-state index contributed by atoms with van der Waals surface area (Å²) in [6.07, 6.45) is 1.25. The number of aromatic amines is 1. The maximum absolute atomic E-state index is 13.6. The number of nitrogens with one attached hydrogen (secondary N) is 4. The number of aliphatic hydroxyl groups is 1. The van der Waals surface area contributed by atoms with E-state index in [9.17, 15) is 29.4 Å². The predicted molar refractivity (Wildman–Crippen MR) is 155 cm³/mol. The van der Waals surface area contributed by atoms with Crippen LogP contribution in [0, 0.1) is 5.92 Å². The van der Waals surface area contributed by atoms with Crippen LogP contribution in [0.5, 0.6) is 0 Å². The number of aromatic nitrogens is 1. The lowest BCUT2D eigenvalue weighted by Gasteiger charge is -2.28. The van der Waals surface area contributed by atoms with Gasteiger partial charge in [-0.25, -0.2) is 4.79 Å². The molecule has 1 heterocycles. The van der Waals surface area contributed by atoms with Crippen molar-refractivity contribution in [2.75, 3.05) is 0 Å². The zero-order valence-electron chi connectivity index (χ0n) is 23.5. The van der Waals surface area contributed by atoms with Gasteiger partial charge in [0.15, 0.2) is 0 Å². The van der Waals surface area contributed by atoms with E-state index >= 15 is 0 Å². The van der Waals surface area contributed by atoms with Crippen molar-refractivity contribution in [3.63, 3.8) is 0 Å². The smallest absolute Gasteiger partial charge is 0.326 e. The van der Waals surface area contributed by atoms with Gasteiger partial charge in [-0.1, -0.05) is 68.8 Å². The summed E-state index contributed by atoms with van der Waals surface area (Å²) in [5.74, 6) is -3.56. The standard InChI is InChI=1S/C30H39N5O6/c1-4-17(2)26(29(39)34-24(30(40)41)14-19-10-6-5-7-11-19)35-27(37)23(33-28(38)25(31)18(3)36)15-20-16-32-22-13-9-8-12-21(20)22/h5-13,16-18,23-26,32,36H,4,14-15,31H2,1-3H3,(H,33,38)(H,34,39)(H,35,37)(H,40,41). The molecule has 0 radical (unpaired) electrons. The van der Waals surface area contributed by atoms with Crippen molar-refractivity contribution in [3.05, 3.63) is 71.9 Å². The molecule has 0 bridgehead atoms. The second-order valence-corrected chi connectivity index (χ2v) is 10.4. The average Bonchev–Trinajstić information content (AvgIpc) is 3.37. The van der Waals surface area contributed by atoms with Gasteiger partial charge in [0, 0.05) is 29.9 Å². The van der Waals surface area contributed by atoms with E-state index in [0.29, 0.717) is 6.42 Å². The van der Waals surface area contributed by atoms with E-state index in [0.717, 1.165) is 22.0 Å². The Morgan fingerprint density at radius 3 is 2.12 bits per heavy atom. The van der Waals surface area contributed by atoms with E-state index in [1.807, 2.05) is 37.3 Å². The zero-order chi connectivity index (χ0) is 30.1. The first-order valence-electron chi connectivity index (χ1n) is 13.7. The summed E-state index contributed by atoms with van der Waals surface area (Å²) in [6, 6.07) is 11.7. The van der Waals surface area contributed by atoms with Crippen molar-refractivity contribution in [2.24, 2.45) is 11.7 Å². The van der Waals surface area contributed by atoms with Gasteiger partial charge in [0.2, 0.25) is 17.7 Å². The molecular weight excluding hydrogens is 526 g/mol. The Labute approximate surface area is 238 Å². The van der Waals surface area contributed by atoms with Crippen LogP contribution in [0.4, 0.5) is 0 Å². The normalized spacial score (nSPS) is 15.6. The van der Waals surface area contributed by atoms with Crippen molar-refractivity contribution < 1.29 is 29.4 Å².